The molecule has 0 saturated heterocycles. The van der Waals surface area contributed by atoms with E-state index in [-0.39, 0.29) is 0 Å². The van der Waals surface area contributed by atoms with Gasteiger partial charge in [0, 0.05) is 41.5 Å². The fourth-order valence-corrected chi connectivity index (χ4v) is 2.99. The van der Waals surface area contributed by atoms with E-state index < -0.39 is 0 Å². The Balaban J connectivity index is 2.01. The van der Waals surface area contributed by atoms with Gasteiger partial charge in [0.05, 0.1) is 5.56 Å². The van der Waals surface area contributed by atoms with Crippen LogP contribution in [0.5, 0.6) is 0 Å². The third-order valence-electron chi connectivity index (χ3n) is 4.20. The lowest BCUT2D eigenvalue weighted by Crippen LogP contribution is -2.31. The molecule has 2 N–H and O–H groups in total. The predicted octanol–water partition coefficient (Wildman–Crippen LogP) is 4.73. The number of hydrogen-bond acceptors (Lipinski definition) is 1. The summed E-state index contributed by atoms with van der Waals surface area (Å²) in [6.07, 6.45) is 9.74. The van der Waals surface area contributed by atoms with Crippen LogP contribution in [0.1, 0.15) is 31.7 Å². The molecule has 0 atom stereocenters. The van der Waals surface area contributed by atoms with Gasteiger partial charge >= 0.3 is 0 Å². The van der Waals surface area contributed by atoms with Crippen LogP contribution in [0, 0.1) is 0 Å². The van der Waals surface area contributed by atoms with Crippen molar-refractivity contribution < 1.29 is 4.57 Å². The van der Waals surface area contributed by atoms with Gasteiger partial charge in [-0.25, -0.2) is 0 Å². The van der Waals surface area contributed by atoms with Crippen LogP contribution in [-0.2, 0) is 0 Å². The largest absolute Gasteiger partial charge is 0.384 e. The van der Waals surface area contributed by atoms with Crippen molar-refractivity contribution in [3.63, 3.8) is 0 Å². The monoisotopic (exact) mass is 318 g/mol. The minimum Gasteiger partial charge on any atom is -0.384 e. The van der Waals surface area contributed by atoms with E-state index in [9.17, 15) is 0 Å². The summed E-state index contributed by atoms with van der Waals surface area (Å²) in [5.41, 5.74) is 7.43. The number of nitrogens with zero attached hydrogens (tertiary/aromatic N) is 1. The van der Waals surface area contributed by atoms with E-state index in [1.165, 1.54) is 24.6 Å². The number of anilines is 1. The van der Waals surface area contributed by atoms with E-state index in [0.717, 1.165) is 29.0 Å². The van der Waals surface area contributed by atoms with Gasteiger partial charge in [0.25, 0.3) is 5.70 Å². The zero-order chi connectivity index (χ0) is 16.8. The average molecular weight is 318 g/mol. The van der Waals surface area contributed by atoms with Crippen LogP contribution in [0.15, 0.2) is 67.3 Å². The number of hydrogen-bond donors (Lipinski definition) is 2. The topological polar surface area (TPSA) is 31.7 Å². The first kappa shape index (κ1) is 16.1. The number of fused-ring (bicyclic) bond motifs is 1. The molecule has 1 aromatic carbocycles. The van der Waals surface area contributed by atoms with E-state index in [4.69, 9.17) is 0 Å². The fourth-order valence-electron chi connectivity index (χ4n) is 2.99. The summed E-state index contributed by atoms with van der Waals surface area (Å²) in [5.74, 6) is 0. The molecule has 0 unspecified atom stereocenters. The highest BCUT2D eigenvalue weighted by atomic mass is 15.0. The predicted molar refractivity (Wildman–Crippen MR) is 101 cm³/mol. The van der Waals surface area contributed by atoms with Gasteiger partial charge in [0.15, 0.2) is 12.4 Å². The molecular formula is C21H24N3+. The third-order valence-corrected chi connectivity index (χ3v) is 4.20. The Morgan fingerprint density at radius 1 is 1.17 bits per heavy atom. The van der Waals surface area contributed by atoms with Crippen molar-refractivity contribution in [3.8, 4) is 0 Å². The standard InChI is InChI=1S/C21H24N3/c1-3-5-7-13-22-18-11-10-12-19-21(18)17(16-23-19)20(4-2)24-14-8-6-9-15-24/h6,8-12,14-16,22-23H,2-3,5,7,13H2,1H3/q+1. The van der Waals surface area contributed by atoms with E-state index in [2.05, 4.69) is 47.7 Å². The molecule has 0 bridgehead atoms. The summed E-state index contributed by atoms with van der Waals surface area (Å²) in [6, 6.07) is 12.4. The van der Waals surface area contributed by atoms with Crippen LogP contribution in [-0.4, -0.2) is 11.5 Å². The molecule has 0 spiro atoms. The Kier molecular flexibility index (Phi) is 5.15. The summed E-state index contributed by atoms with van der Waals surface area (Å²) in [6.45, 7) is 7.11. The summed E-state index contributed by atoms with van der Waals surface area (Å²) in [5, 5.41) is 4.78. The highest BCUT2D eigenvalue weighted by Gasteiger charge is 2.18. The molecule has 0 radical (unpaired) electrons. The second-order valence-corrected chi connectivity index (χ2v) is 5.87. The highest BCUT2D eigenvalue weighted by Crippen LogP contribution is 2.30. The molecule has 0 fully saturated rings. The Hall–Kier alpha value is -2.77. The molecule has 2 heterocycles. The van der Waals surface area contributed by atoms with Crippen molar-refractivity contribution >= 4 is 22.3 Å². The first-order chi connectivity index (χ1) is 11.8. The minimum atomic E-state index is 0.949. The number of pyridine rings is 1. The molecule has 3 aromatic rings. The van der Waals surface area contributed by atoms with Gasteiger partial charge in [0.2, 0.25) is 0 Å². The zero-order valence-corrected chi connectivity index (χ0v) is 14.2. The lowest BCUT2D eigenvalue weighted by atomic mass is 10.1. The Morgan fingerprint density at radius 3 is 2.75 bits per heavy atom. The van der Waals surface area contributed by atoms with E-state index in [0.29, 0.717) is 0 Å². The number of benzene rings is 1. The Labute approximate surface area is 143 Å². The van der Waals surface area contributed by atoms with Gasteiger partial charge < -0.3 is 10.3 Å². The third kappa shape index (κ3) is 3.27. The van der Waals surface area contributed by atoms with E-state index in [1.54, 1.807) is 0 Å². The smallest absolute Gasteiger partial charge is 0.263 e. The summed E-state index contributed by atoms with van der Waals surface area (Å²) in [7, 11) is 0. The van der Waals surface area contributed by atoms with Gasteiger partial charge in [-0.2, -0.15) is 4.57 Å². The van der Waals surface area contributed by atoms with E-state index >= 15 is 0 Å². The lowest BCUT2D eigenvalue weighted by Gasteiger charge is -2.09. The van der Waals surface area contributed by atoms with Gasteiger partial charge in [-0.3, -0.25) is 0 Å². The number of aromatic nitrogens is 2. The van der Waals surface area contributed by atoms with Gasteiger partial charge in [-0.15, -0.1) is 0 Å². The van der Waals surface area contributed by atoms with E-state index in [1.807, 2.05) is 41.4 Å². The molecule has 0 aliphatic rings. The molecule has 24 heavy (non-hydrogen) atoms. The molecule has 3 rings (SSSR count). The fraction of sp³-hybridized carbons (Fsp3) is 0.238. The molecule has 3 nitrogen and oxygen atoms in total. The SMILES string of the molecule is C=C=C(c1c[nH]c2cccc(NCCCCC)c12)[n+]1ccccc1. The van der Waals surface area contributed by atoms with Gasteiger partial charge in [-0.1, -0.05) is 37.6 Å². The number of nitrogens with one attached hydrogen (secondary N) is 2. The molecule has 0 aliphatic heterocycles. The zero-order valence-electron chi connectivity index (χ0n) is 14.2. The Bertz CT molecular complexity index is 855. The van der Waals surface area contributed by atoms with Crippen molar-refractivity contribution in [2.45, 2.75) is 26.2 Å². The van der Waals surface area contributed by atoms with Crippen LogP contribution < -0.4 is 9.88 Å². The second kappa shape index (κ2) is 7.67. The molecule has 0 aliphatic carbocycles. The van der Waals surface area contributed by atoms with Gasteiger partial charge in [-0.05, 0) is 25.1 Å². The first-order valence-electron chi connectivity index (χ1n) is 8.56. The quantitative estimate of drug-likeness (QED) is 0.368. The molecule has 3 heteroatoms. The second-order valence-electron chi connectivity index (χ2n) is 5.87. The van der Waals surface area contributed by atoms with Crippen molar-refractivity contribution in [2.75, 3.05) is 11.9 Å². The van der Waals surface area contributed by atoms with Crippen LogP contribution in [0.2, 0.25) is 0 Å². The Morgan fingerprint density at radius 2 is 2.00 bits per heavy atom. The molecule has 122 valence electrons. The number of aromatic amines is 1. The first-order valence-corrected chi connectivity index (χ1v) is 8.56. The molecular weight excluding hydrogens is 294 g/mol. The van der Waals surface area contributed by atoms with Crippen LogP contribution in [0.3, 0.4) is 0 Å². The summed E-state index contributed by atoms with van der Waals surface area (Å²) < 4.78 is 2.05. The number of H-pyrrole nitrogens is 1. The average Bonchev–Trinajstić information content (AvgIpc) is 3.05. The maximum atomic E-state index is 3.90. The van der Waals surface area contributed by atoms with Gasteiger partial charge in [0.1, 0.15) is 0 Å². The number of unbranched alkanes of at least 4 members (excludes halogenated alkanes) is 2. The summed E-state index contributed by atoms with van der Waals surface area (Å²) >= 11 is 0. The lowest BCUT2D eigenvalue weighted by molar-refractivity contribution is -0.578. The number of rotatable bonds is 7. The molecule has 0 amide bonds. The van der Waals surface area contributed by atoms with Crippen LogP contribution >= 0.6 is 0 Å². The minimum absolute atomic E-state index is 0.949. The van der Waals surface area contributed by atoms with Crippen LogP contribution in [0.25, 0.3) is 16.6 Å². The van der Waals surface area contributed by atoms with Crippen molar-refractivity contribution in [1.29, 1.82) is 0 Å². The highest BCUT2D eigenvalue weighted by molar-refractivity contribution is 6.00. The maximum absolute atomic E-state index is 3.90. The molecule has 2 aromatic heterocycles. The van der Waals surface area contributed by atoms with Crippen LogP contribution in [0.4, 0.5) is 5.69 Å². The maximum Gasteiger partial charge on any atom is 0.263 e. The van der Waals surface area contributed by atoms with Crippen molar-refractivity contribution in [3.05, 3.63) is 72.9 Å². The normalized spacial score (nSPS) is 10.5. The van der Waals surface area contributed by atoms with Crippen molar-refractivity contribution in [1.82, 2.24) is 4.98 Å². The van der Waals surface area contributed by atoms with Crippen molar-refractivity contribution in [2.24, 2.45) is 0 Å². The molecule has 0 saturated carbocycles. The summed E-state index contributed by atoms with van der Waals surface area (Å²) in [4.78, 5) is 3.37.